The normalized spacial score (nSPS) is 23.5. The Balaban J connectivity index is 1.92. The van der Waals surface area contributed by atoms with Gasteiger partial charge in [-0.05, 0) is 11.6 Å². The van der Waals surface area contributed by atoms with Gasteiger partial charge in [-0.3, -0.25) is 4.99 Å². The average Bonchev–Trinajstić information content (AvgIpc) is 2.98. The highest BCUT2D eigenvalue weighted by atomic mass is 35.5. The number of amidine groups is 1. The Morgan fingerprint density at radius 1 is 1.10 bits per heavy atom. The molecule has 2 aliphatic heterocycles. The summed E-state index contributed by atoms with van der Waals surface area (Å²) in [6, 6.07) is 15.6. The van der Waals surface area contributed by atoms with Crippen molar-refractivity contribution in [3.05, 3.63) is 70.2 Å². The van der Waals surface area contributed by atoms with E-state index in [0.717, 1.165) is 22.5 Å². The van der Waals surface area contributed by atoms with Crippen molar-refractivity contribution in [1.82, 2.24) is 4.90 Å². The molecule has 0 saturated heterocycles. The topological polar surface area (TPSA) is 35.8 Å². The Labute approximate surface area is 128 Å². The summed E-state index contributed by atoms with van der Waals surface area (Å²) in [5, 5.41) is 12.0. The fourth-order valence-corrected chi connectivity index (χ4v) is 3.61. The summed E-state index contributed by atoms with van der Waals surface area (Å²) in [6.45, 7) is 1.42. The molecule has 3 nitrogen and oxygen atoms in total. The van der Waals surface area contributed by atoms with Crippen molar-refractivity contribution in [2.75, 3.05) is 13.1 Å². The summed E-state index contributed by atoms with van der Waals surface area (Å²) < 4.78 is 0. The number of fused-ring (bicyclic) bond motifs is 3. The van der Waals surface area contributed by atoms with Crippen molar-refractivity contribution in [1.29, 1.82) is 0 Å². The molecule has 1 N–H and O–H groups in total. The van der Waals surface area contributed by atoms with Crippen LogP contribution in [0.25, 0.3) is 0 Å². The second-order valence-corrected chi connectivity index (χ2v) is 5.89. The first-order valence-electron chi connectivity index (χ1n) is 7.08. The van der Waals surface area contributed by atoms with E-state index in [4.69, 9.17) is 11.6 Å². The quantitative estimate of drug-likeness (QED) is 0.879. The first-order valence-corrected chi connectivity index (χ1v) is 7.46. The van der Waals surface area contributed by atoms with Gasteiger partial charge >= 0.3 is 0 Å². The van der Waals surface area contributed by atoms with E-state index >= 15 is 0 Å². The summed E-state index contributed by atoms with van der Waals surface area (Å²) in [4.78, 5) is 6.57. The van der Waals surface area contributed by atoms with Crippen LogP contribution in [0.3, 0.4) is 0 Å². The van der Waals surface area contributed by atoms with Gasteiger partial charge in [0.15, 0.2) is 5.72 Å². The third kappa shape index (κ3) is 1.81. The van der Waals surface area contributed by atoms with E-state index in [1.807, 2.05) is 41.3 Å². The smallest absolute Gasteiger partial charge is 0.171 e. The Morgan fingerprint density at radius 3 is 2.71 bits per heavy atom. The molecule has 4 heteroatoms. The standard InChI is InChI=1S/C17H15ClN2O/c18-15-8-4-3-7-14(15)17(21)11-12-5-1-2-6-13(12)16-19-9-10-20(16)17/h1-8,21H,9-11H2/t17-/m1/s1. The van der Waals surface area contributed by atoms with E-state index in [0.29, 0.717) is 24.5 Å². The minimum absolute atomic E-state index is 0.520. The number of aliphatic hydroxyl groups is 1. The van der Waals surface area contributed by atoms with E-state index in [2.05, 4.69) is 17.1 Å². The van der Waals surface area contributed by atoms with Gasteiger partial charge in [-0.25, -0.2) is 0 Å². The molecule has 2 heterocycles. The lowest BCUT2D eigenvalue weighted by molar-refractivity contribution is -0.0744. The van der Waals surface area contributed by atoms with Gasteiger partial charge in [0.1, 0.15) is 5.84 Å². The third-order valence-electron chi connectivity index (χ3n) is 4.29. The van der Waals surface area contributed by atoms with Gasteiger partial charge in [0, 0.05) is 29.1 Å². The summed E-state index contributed by atoms with van der Waals surface area (Å²) >= 11 is 6.34. The van der Waals surface area contributed by atoms with Crippen LogP contribution in [0.5, 0.6) is 0 Å². The number of rotatable bonds is 1. The first kappa shape index (κ1) is 12.9. The lowest BCUT2D eigenvalue weighted by Gasteiger charge is -2.44. The van der Waals surface area contributed by atoms with Gasteiger partial charge in [0.25, 0.3) is 0 Å². The zero-order chi connectivity index (χ0) is 14.4. The van der Waals surface area contributed by atoms with E-state index in [9.17, 15) is 5.11 Å². The molecule has 2 aromatic rings. The number of hydrogen-bond donors (Lipinski definition) is 1. The molecule has 0 saturated carbocycles. The fourth-order valence-electron chi connectivity index (χ4n) is 3.32. The Kier molecular flexibility index (Phi) is 2.81. The molecule has 0 bridgehead atoms. The molecule has 1 atom stereocenters. The average molecular weight is 299 g/mol. The van der Waals surface area contributed by atoms with Crippen LogP contribution in [-0.2, 0) is 12.1 Å². The molecule has 2 aliphatic rings. The van der Waals surface area contributed by atoms with Gasteiger partial charge in [0.2, 0.25) is 0 Å². The van der Waals surface area contributed by atoms with E-state index in [-0.39, 0.29) is 0 Å². The van der Waals surface area contributed by atoms with E-state index in [1.165, 1.54) is 0 Å². The summed E-state index contributed by atoms with van der Waals surface area (Å²) in [5.74, 6) is 0.874. The number of nitrogens with zero attached hydrogens (tertiary/aromatic N) is 2. The minimum Gasteiger partial charge on any atom is -0.366 e. The minimum atomic E-state index is -1.12. The Bertz CT molecular complexity index is 743. The molecule has 0 aromatic heterocycles. The third-order valence-corrected chi connectivity index (χ3v) is 4.62. The van der Waals surface area contributed by atoms with Crippen molar-refractivity contribution in [3.8, 4) is 0 Å². The summed E-state index contributed by atoms with van der Waals surface area (Å²) in [5.41, 5.74) is 1.85. The van der Waals surface area contributed by atoms with Gasteiger partial charge in [-0.15, -0.1) is 0 Å². The SMILES string of the molecule is O[C@@]1(c2ccccc2Cl)Cc2ccccc2C2=NCCN21. The van der Waals surface area contributed by atoms with Crippen molar-refractivity contribution < 1.29 is 5.11 Å². The van der Waals surface area contributed by atoms with Gasteiger partial charge in [-0.1, -0.05) is 54.1 Å². The van der Waals surface area contributed by atoms with Crippen molar-refractivity contribution >= 4 is 17.4 Å². The van der Waals surface area contributed by atoms with Crippen LogP contribution in [0.15, 0.2) is 53.5 Å². The Hall–Kier alpha value is -1.84. The molecule has 0 fully saturated rings. The first-order chi connectivity index (χ1) is 10.2. The lowest BCUT2D eigenvalue weighted by atomic mass is 9.86. The van der Waals surface area contributed by atoms with Gasteiger partial charge in [-0.2, -0.15) is 0 Å². The molecule has 0 unspecified atom stereocenters. The Morgan fingerprint density at radius 2 is 1.86 bits per heavy atom. The molecule has 4 rings (SSSR count). The second kappa shape index (κ2) is 4.58. The van der Waals surface area contributed by atoms with Crippen LogP contribution in [0.2, 0.25) is 5.02 Å². The molecular weight excluding hydrogens is 284 g/mol. The molecule has 0 spiro atoms. The molecule has 0 radical (unpaired) electrons. The predicted molar refractivity (Wildman–Crippen MR) is 83.6 cm³/mol. The van der Waals surface area contributed by atoms with E-state index < -0.39 is 5.72 Å². The number of halogens is 1. The van der Waals surface area contributed by atoms with Crippen LogP contribution in [0.1, 0.15) is 16.7 Å². The zero-order valence-corrected chi connectivity index (χ0v) is 12.2. The van der Waals surface area contributed by atoms with Crippen molar-refractivity contribution in [3.63, 3.8) is 0 Å². The fraction of sp³-hybridized carbons (Fsp3) is 0.235. The highest BCUT2D eigenvalue weighted by Crippen LogP contribution is 2.40. The van der Waals surface area contributed by atoms with Crippen LogP contribution in [-0.4, -0.2) is 28.9 Å². The predicted octanol–water partition coefficient (Wildman–Crippen LogP) is 2.80. The molecule has 106 valence electrons. The maximum atomic E-state index is 11.4. The molecule has 2 aromatic carbocycles. The molecule has 0 aliphatic carbocycles. The van der Waals surface area contributed by atoms with Gasteiger partial charge < -0.3 is 10.0 Å². The lowest BCUT2D eigenvalue weighted by Crippen LogP contribution is -2.53. The van der Waals surface area contributed by atoms with Crippen LogP contribution >= 0.6 is 11.6 Å². The number of hydrogen-bond acceptors (Lipinski definition) is 3. The highest BCUT2D eigenvalue weighted by molar-refractivity contribution is 6.31. The largest absolute Gasteiger partial charge is 0.366 e. The van der Waals surface area contributed by atoms with Crippen LogP contribution in [0.4, 0.5) is 0 Å². The van der Waals surface area contributed by atoms with Crippen LogP contribution < -0.4 is 0 Å². The molecule has 21 heavy (non-hydrogen) atoms. The van der Waals surface area contributed by atoms with Crippen molar-refractivity contribution in [2.24, 2.45) is 4.99 Å². The monoisotopic (exact) mass is 298 g/mol. The summed E-state index contributed by atoms with van der Waals surface area (Å²) in [6.07, 6.45) is 0.520. The molecular formula is C17H15ClN2O. The summed E-state index contributed by atoms with van der Waals surface area (Å²) in [7, 11) is 0. The number of aliphatic imine (C=N–C) groups is 1. The molecule has 0 amide bonds. The van der Waals surface area contributed by atoms with E-state index in [1.54, 1.807) is 0 Å². The maximum absolute atomic E-state index is 11.4. The van der Waals surface area contributed by atoms with Crippen molar-refractivity contribution in [2.45, 2.75) is 12.1 Å². The second-order valence-electron chi connectivity index (χ2n) is 5.49. The maximum Gasteiger partial charge on any atom is 0.171 e. The van der Waals surface area contributed by atoms with Crippen LogP contribution in [0, 0.1) is 0 Å². The highest BCUT2D eigenvalue weighted by Gasteiger charge is 2.45. The van der Waals surface area contributed by atoms with Gasteiger partial charge in [0.05, 0.1) is 6.54 Å². The number of benzene rings is 2. The zero-order valence-electron chi connectivity index (χ0n) is 11.5.